The Labute approximate surface area is 110 Å². The van der Waals surface area contributed by atoms with Gasteiger partial charge >= 0.3 is 0 Å². The first kappa shape index (κ1) is 12.8. The molecular formula is C15H12ClFO. The average molecular weight is 263 g/mol. The molecule has 2 rings (SSSR count). The van der Waals surface area contributed by atoms with E-state index in [0.29, 0.717) is 10.6 Å². The summed E-state index contributed by atoms with van der Waals surface area (Å²) in [6, 6.07) is 11.2. The molecule has 0 atom stereocenters. The molecule has 0 saturated carbocycles. The van der Waals surface area contributed by atoms with Crippen LogP contribution in [0.5, 0.6) is 0 Å². The number of hydrogen-bond donors (Lipinski definition) is 0. The lowest BCUT2D eigenvalue weighted by Crippen LogP contribution is -2.03. The highest BCUT2D eigenvalue weighted by molar-refractivity contribution is 6.31. The number of carbonyl (C=O) groups is 1. The van der Waals surface area contributed by atoms with Crippen LogP contribution in [-0.2, 0) is 6.42 Å². The Morgan fingerprint density at radius 2 is 1.83 bits per heavy atom. The molecule has 92 valence electrons. The minimum Gasteiger partial charge on any atom is -0.294 e. The molecule has 0 amide bonds. The molecule has 1 nitrogen and oxygen atoms in total. The highest BCUT2D eigenvalue weighted by Gasteiger charge is 2.08. The number of rotatable bonds is 3. The first-order chi connectivity index (χ1) is 8.56. The van der Waals surface area contributed by atoms with E-state index in [1.54, 1.807) is 30.3 Å². The van der Waals surface area contributed by atoms with E-state index >= 15 is 0 Å². The van der Waals surface area contributed by atoms with Crippen LogP contribution in [0.4, 0.5) is 4.39 Å². The van der Waals surface area contributed by atoms with E-state index in [2.05, 4.69) is 0 Å². The summed E-state index contributed by atoms with van der Waals surface area (Å²) in [6.07, 6.45) is 0.265. The molecule has 2 aromatic rings. The largest absolute Gasteiger partial charge is 0.294 e. The topological polar surface area (TPSA) is 17.1 Å². The predicted octanol–water partition coefficient (Wildman–Crippen LogP) is 4.21. The van der Waals surface area contributed by atoms with Crippen LogP contribution in [0.3, 0.4) is 0 Å². The Hall–Kier alpha value is -1.67. The van der Waals surface area contributed by atoms with Gasteiger partial charge in [0.1, 0.15) is 5.82 Å². The zero-order valence-corrected chi connectivity index (χ0v) is 10.7. The van der Waals surface area contributed by atoms with E-state index in [0.717, 1.165) is 11.1 Å². The second-order valence-electron chi connectivity index (χ2n) is 4.19. The van der Waals surface area contributed by atoms with Gasteiger partial charge in [0.25, 0.3) is 0 Å². The summed E-state index contributed by atoms with van der Waals surface area (Å²) in [4.78, 5) is 12.0. The smallest absolute Gasteiger partial charge is 0.167 e. The van der Waals surface area contributed by atoms with Crippen molar-refractivity contribution in [3.8, 4) is 0 Å². The molecule has 18 heavy (non-hydrogen) atoms. The van der Waals surface area contributed by atoms with Gasteiger partial charge in [-0.1, -0.05) is 23.7 Å². The maximum atomic E-state index is 12.7. The number of benzene rings is 2. The van der Waals surface area contributed by atoms with E-state index < -0.39 is 0 Å². The van der Waals surface area contributed by atoms with E-state index in [4.69, 9.17) is 11.6 Å². The summed E-state index contributed by atoms with van der Waals surface area (Å²) in [5.74, 6) is -0.296. The maximum absolute atomic E-state index is 12.7. The summed E-state index contributed by atoms with van der Waals surface area (Å²) < 4.78 is 12.7. The number of aryl methyl sites for hydroxylation is 1. The van der Waals surface area contributed by atoms with Gasteiger partial charge in [-0.05, 0) is 48.4 Å². The van der Waals surface area contributed by atoms with Gasteiger partial charge in [0.2, 0.25) is 0 Å². The minimum absolute atomic E-state index is 0.00127. The maximum Gasteiger partial charge on any atom is 0.167 e. The van der Waals surface area contributed by atoms with Crippen LogP contribution in [-0.4, -0.2) is 5.78 Å². The third-order valence-corrected chi connectivity index (χ3v) is 3.18. The first-order valence-electron chi connectivity index (χ1n) is 5.60. The molecule has 3 heteroatoms. The molecular weight excluding hydrogens is 251 g/mol. The van der Waals surface area contributed by atoms with Gasteiger partial charge in [-0.3, -0.25) is 4.79 Å². The van der Waals surface area contributed by atoms with E-state index in [1.165, 1.54) is 12.1 Å². The lowest BCUT2D eigenvalue weighted by atomic mass is 10.0. The normalized spacial score (nSPS) is 10.4. The van der Waals surface area contributed by atoms with Gasteiger partial charge < -0.3 is 0 Å². The third-order valence-electron chi connectivity index (χ3n) is 2.76. The van der Waals surface area contributed by atoms with Crippen LogP contribution in [0.25, 0.3) is 0 Å². The van der Waals surface area contributed by atoms with Crippen molar-refractivity contribution >= 4 is 17.4 Å². The summed E-state index contributed by atoms with van der Waals surface area (Å²) in [5.41, 5.74) is 2.30. The molecule has 0 spiro atoms. The van der Waals surface area contributed by atoms with Crippen molar-refractivity contribution in [2.75, 3.05) is 0 Å². The second-order valence-corrected chi connectivity index (χ2v) is 4.60. The van der Waals surface area contributed by atoms with E-state index in [1.807, 2.05) is 6.92 Å². The molecule has 0 N–H and O–H groups in total. The Morgan fingerprint density at radius 1 is 1.17 bits per heavy atom. The quantitative estimate of drug-likeness (QED) is 0.757. The molecule has 0 aliphatic rings. The summed E-state index contributed by atoms with van der Waals surface area (Å²) in [5, 5.41) is 0.647. The van der Waals surface area contributed by atoms with E-state index in [-0.39, 0.29) is 18.0 Å². The van der Waals surface area contributed by atoms with E-state index in [9.17, 15) is 9.18 Å². The fourth-order valence-electron chi connectivity index (χ4n) is 1.71. The molecule has 0 aliphatic carbocycles. The molecule has 0 saturated heterocycles. The lowest BCUT2D eigenvalue weighted by molar-refractivity contribution is 0.0993. The van der Waals surface area contributed by atoms with Gasteiger partial charge in [0.05, 0.1) is 0 Å². The number of carbonyl (C=O) groups excluding carboxylic acids is 1. The van der Waals surface area contributed by atoms with Gasteiger partial charge in [-0.2, -0.15) is 0 Å². The monoisotopic (exact) mass is 262 g/mol. The van der Waals surface area contributed by atoms with Gasteiger partial charge in [0, 0.05) is 17.0 Å². The summed E-state index contributed by atoms with van der Waals surface area (Å²) in [6.45, 7) is 1.86. The third kappa shape index (κ3) is 2.96. The van der Waals surface area contributed by atoms with Gasteiger partial charge in [-0.25, -0.2) is 4.39 Å². The van der Waals surface area contributed by atoms with Crippen molar-refractivity contribution in [2.45, 2.75) is 13.3 Å². The fraction of sp³-hybridized carbons (Fsp3) is 0.133. The van der Waals surface area contributed by atoms with Crippen LogP contribution in [0.15, 0.2) is 42.5 Å². The molecule has 0 unspecified atom stereocenters. The SMILES string of the molecule is Cc1cc(C(=O)Cc2ccc(F)cc2)ccc1Cl. The van der Waals surface area contributed by atoms with Crippen LogP contribution in [0.2, 0.25) is 5.02 Å². The number of hydrogen-bond acceptors (Lipinski definition) is 1. The summed E-state index contributed by atoms with van der Waals surface area (Å²) >= 11 is 5.91. The molecule has 0 radical (unpaired) electrons. The molecule has 0 heterocycles. The Kier molecular flexibility index (Phi) is 3.78. The van der Waals surface area contributed by atoms with Crippen molar-refractivity contribution in [3.63, 3.8) is 0 Å². The van der Waals surface area contributed by atoms with Crippen LogP contribution >= 0.6 is 11.6 Å². The van der Waals surface area contributed by atoms with Crippen molar-refractivity contribution in [2.24, 2.45) is 0 Å². The standard InChI is InChI=1S/C15H12ClFO/c1-10-8-12(4-7-14(10)16)15(18)9-11-2-5-13(17)6-3-11/h2-8H,9H2,1H3. The zero-order chi connectivity index (χ0) is 13.1. The van der Waals surface area contributed by atoms with Crippen molar-refractivity contribution in [1.29, 1.82) is 0 Å². The molecule has 0 fully saturated rings. The number of ketones is 1. The van der Waals surface area contributed by atoms with Gasteiger partial charge in [0.15, 0.2) is 5.78 Å². The second kappa shape index (κ2) is 5.32. The number of halogens is 2. The van der Waals surface area contributed by atoms with Crippen LogP contribution in [0.1, 0.15) is 21.5 Å². The molecule has 2 aromatic carbocycles. The molecule has 0 bridgehead atoms. The van der Waals surface area contributed by atoms with Crippen molar-refractivity contribution in [1.82, 2.24) is 0 Å². The van der Waals surface area contributed by atoms with Crippen molar-refractivity contribution < 1.29 is 9.18 Å². The van der Waals surface area contributed by atoms with Crippen LogP contribution < -0.4 is 0 Å². The minimum atomic E-state index is -0.298. The summed E-state index contributed by atoms with van der Waals surface area (Å²) in [7, 11) is 0. The number of Topliss-reactive ketones (excluding diaryl/α,β-unsaturated/α-hetero) is 1. The highest BCUT2D eigenvalue weighted by atomic mass is 35.5. The molecule has 0 aromatic heterocycles. The Balaban J connectivity index is 2.16. The lowest BCUT2D eigenvalue weighted by Gasteiger charge is -2.04. The predicted molar refractivity (Wildman–Crippen MR) is 70.6 cm³/mol. The average Bonchev–Trinajstić information content (AvgIpc) is 2.35. The first-order valence-corrected chi connectivity index (χ1v) is 5.98. The highest BCUT2D eigenvalue weighted by Crippen LogP contribution is 2.17. The Bertz CT molecular complexity index is 576. The fourth-order valence-corrected chi connectivity index (χ4v) is 1.83. The molecule has 0 aliphatic heterocycles. The van der Waals surface area contributed by atoms with Gasteiger partial charge in [-0.15, -0.1) is 0 Å². The zero-order valence-electron chi connectivity index (χ0n) is 9.91. The van der Waals surface area contributed by atoms with Crippen LogP contribution in [0, 0.1) is 12.7 Å². The Morgan fingerprint density at radius 3 is 2.44 bits per heavy atom. The van der Waals surface area contributed by atoms with Crippen molar-refractivity contribution in [3.05, 3.63) is 70.0 Å².